The van der Waals surface area contributed by atoms with Crippen molar-refractivity contribution in [1.82, 2.24) is 25.0 Å². The lowest BCUT2D eigenvalue weighted by molar-refractivity contribution is 0.0563. The minimum absolute atomic E-state index is 0.0700. The molecular weight excluding hydrogens is 294 g/mol. The van der Waals surface area contributed by atoms with Crippen molar-refractivity contribution in [3.63, 3.8) is 0 Å². The lowest BCUT2D eigenvalue weighted by atomic mass is 9.99. The minimum Gasteiger partial charge on any atom is -0.339 e. The highest BCUT2D eigenvalue weighted by molar-refractivity contribution is 5.92. The topological polar surface area (TPSA) is 85.0 Å². The van der Waals surface area contributed by atoms with Gasteiger partial charge in [-0.1, -0.05) is 11.2 Å². The van der Waals surface area contributed by atoms with Gasteiger partial charge in [0.2, 0.25) is 11.7 Å². The first-order chi connectivity index (χ1) is 11.3. The predicted octanol–water partition coefficient (Wildman–Crippen LogP) is 1.77. The highest BCUT2D eigenvalue weighted by Gasteiger charge is 2.36. The summed E-state index contributed by atoms with van der Waals surface area (Å²) in [5.74, 6) is 1.06. The van der Waals surface area contributed by atoms with E-state index in [1.54, 1.807) is 41.7 Å². The van der Waals surface area contributed by atoms with E-state index in [1.807, 2.05) is 12.1 Å². The monoisotopic (exact) mass is 307 g/mol. The molecule has 7 heteroatoms. The van der Waals surface area contributed by atoms with Crippen LogP contribution in [0.3, 0.4) is 0 Å². The minimum atomic E-state index is -0.0751. The molecule has 1 amide bonds. The molecule has 0 aromatic carbocycles. The lowest BCUT2D eigenvalue weighted by Crippen LogP contribution is -2.48. The molecule has 0 atom stereocenters. The Bertz CT molecular complexity index is 813. The van der Waals surface area contributed by atoms with E-state index in [1.165, 1.54) is 0 Å². The SMILES string of the molecule is O=C(c1ccccn1)N1CC(c2nc(-c3cccnc3)no2)C1. The van der Waals surface area contributed by atoms with Crippen molar-refractivity contribution in [2.45, 2.75) is 5.92 Å². The maximum absolute atomic E-state index is 12.2. The van der Waals surface area contributed by atoms with Gasteiger partial charge in [-0.3, -0.25) is 14.8 Å². The maximum Gasteiger partial charge on any atom is 0.272 e. The van der Waals surface area contributed by atoms with E-state index in [4.69, 9.17) is 4.52 Å². The van der Waals surface area contributed by atoms with Gasteiger partial charge < -0.3 is 9.42 Å². The molecule has 3 aromatic rings. The van der Waals surface area contributed by atoms with Crippen LogP contribution in [-0.2, 0) is 0 Å². The van der Waals surface area contributed by atoms with Gasteiger partial charge in [0.1, 0.15) is 5.69 Å². The summed E-state index contributed by atoms with van der Waals surface area (Å²) < 4.78 is 5.31. The molecule has 0 radical (unpaired) electrons. The van der Waals surface area contributed by atoms with E-state index in [0.29, 0.717) is 30.5 Å². The molecule has 0 aliphatic carbocycles. The van der Waals surface area contributed by atoms with Crippen molar-refractivity contribution in [3.8, 4) is 11.4 Å². The van der Waals surface area contributed by atoms with Crippen LogP contribution in [0.4, 0.5) is 0 Å². The Morgan fingerprint density at radius 2 is 2.09 bits per heavy atom. The van der Waals surface area contributed by atoms with Gasteiger partial charge in [-0.15, -0.1) is 0 Å². The van der Waals surface area contributed by atoms with Crippen LogP contribution in [-0.4, -0.2) is 44.0 Å². The third-order valence-electron chi connectivity index (χ3n) is 3.76. The third kappa shape index (κ3) is 2.57. The molecule has 23 heavy (non-hydrogen) atoms. The van der Waals surface area contributed by atoms with Crippen LogP contribution in [0.1, 0.15) is 22.3 Å². The van der Waals surface area contributed by atoms with E-state index < -0.39 is 0 Å². The molecule has 0 saturated carbocycles. The Labute approximate surface area is 132 Å². The normalized spacial score (nSPS) is 14.5. The second kappa shape index (κ2) is 5.60. The van der Waals surface area contributed by atoms with Crippen molar-refractivity contribution < 1.29 is 9.32 Å². The highest BCUT2D eigenvalue weighted by Crippen LogP contribution is 2.28. The van der Waals surface area contributed by atoms with Gasteiger partial charge in [-0.25, -0.2) is 0 Å². The zero-order chi connectivity index (χ0) is 15.6. The molecule has 0 N–H and O–H groups in total. The second-order valence-electron chi connectivity index (χ2n) is 5.32. The summed E-state index contributed by atoms with van der Waals surface area (Å²) in [4.78, 5) is 26.5. The molecule has 4 rings (SSSR count). The molecule has 1 saturated heterocycles. The first kappa shape index (κ1) is 13.6. The summed E-state index contributed by atoms with van der Waals surface area (Å²) in [6, 6.07) is 8.99. The molecule has 0 unspecified atom stereocenters. The van der Waals surface area contributed by atoms with Crippen LogP contribution in [0.15, 0.2) is 53.4 Å². The Balaban J connectivity index is 1.43. The number of aromatic nitrogens is 4. The first-order valence-corrected chi connectivity index (χ1v) is 7.25. The number of rotatable bonds is 3. The lowest BCUT2D eigenvalue weighted by Gasteiger charge is -2.36. The number of hydrogen-bond acceptors (Lipinski definition) is 6. The summed E-state index contributed by atoms with van der Waals surface area (Å²) in [6.45, 7) is 1.12. The summed E-state index contributed by atoms with van der Waals surface area (Å²) in [5, 5.41) is 3.98. The Morgan fingerprint density at radius 3 is 2.83 bits per heavy atom. The average molecular weight is 307 g/mol. The van der Waals surface area contributed by atoms with Gasteiger partial charge in [-0.2, -0.15) is 4.98 Å². The summed E-state index contributed by atoms with van der Waals surface area (Å²) in [6.07, 6.45) is 4.99. The van der Waals surface area contributed by atoms with Gasteiger partial charge in [-0.05, 0) is 24.3 Å². The van der Waals surface area contributed by atoms with Crippen molar-refractivity contribution in [2.75, 3.05) is 13.1 Å². The number of hydrogen-bond donors (Lipinski definition) is 0. The fourth-order valence-electron chi connectivity index (χ4n) is 2.47. The number of pyridine rings is 2. The summed E-state index contributed by atoms with van der Waals surface area (Å²) in [5.41, 5.74) is 1.26. The van der Waals surface area contributed by atoms with Crippen molar-refractivity contribution in [2.24, 2.45) is 0 Å². The Kier molecular flexibility index (Phi) is 3.30. The molecule has 4 heterocycles. The molecule has 1 aliphatic heterocycles. The molecule has 0 spiro atoms. The van der Waals surface area contributed by atoms with Crippen LogP contribution >= 0.6 is 0 Å². The number of likely N-dealkylation sites (tertiary alicyclic amines) is 1. The number of carbonyl (C=O) groups is 1. The van der Waals surface area contributed by atoms with E-state index in [0.717, 1.165) is 5.56 Å². The van der Waals surface area contributed by atoms with Crippen LogP contribution in [0.5, 0.6) is 0 Å². The van der Waals surface area contributed by atoms with Gasteiger partial charge in [0, 0.05) is 37.2 Å². The predicted molar refractivity (Wildman–Crippen MR) is 80.4 cm³/mol. The smallest absolute Gasteiger partial charge is 0.272 e. The Hall–Kier alpha value is -3.09. The second-order valence-corrected chi connectivity index (χ2v) is 5.32. The van der Waals surface area contributed by atoms with Gasteiger partial charge in [0.05, 0.1) is 5.92 Å². The van der Waals surface area contributed by atoms with Gasteiger partial charge in [0.25, 0.3) is 5.91 Å². The number of nitrogens with zero attached hydrogens (tertiary/aromatic N) is 5. The quantitative estimate of drug-likeness (QED) is 0.733. The molecule has 3 aromatic heterocycles. The zero-order valence-corrected chi connectivity index (χ0v) is 12.2. The fraction of sp³-hybridized carbons (Fsp3) is 0.188. The number of carbonyl (C=O) groups excluding carboxylic acids is 1. The highest BCUT2D eigenvalue weighted by atomic mass is 16.5. The third-order valence-corrected chi connectivity index (χ3v) is 3.76. The van der Waals surface area contributed by atoms with E-state index >= 15 is 0 Å². The standard InChI is InChI=1S/C16H13N5O2/c22-16(13-5-1-2-7-18-13)21-9-12(10-21)15-19-14(20-23-15)11-4-3-6-17-8-11/h1-8,12H,9-10H2. The molecular formula is C16H13N5O2. The Morgan fingerprint density at radius 1 is 1.17 bits per heavy atom. The van der Waals surface area contributed by atoms with Crippen LogP contribution in [0.2, 0.25) is 0 Å². The number of amides is 1. The molecule has 0 bridgehead atoms. The van der Waals surface area contributed by atoms with Gasteiger partial charge in [0.15, 0.2) is 0 Å². The van der Waals surface area contributed by atoms with Gasteiger partial charge >= 0.3 is 0 Å². The summed E-state index contributed by atoms with van der Waals surface area (Å²) >= 11 is 0. The molecule has 7 nitrogen and oxygen atoms in total. The summed E-state index contributed by atoms with van der Waals surface area (Å²) in [7, 11) is 0. The largest absolute Gasteiger partial charge is 0.339 e. The van der Waals surface area contributed by atoms with Crippen molar-refractivity contribution >= 4 is 5.91 Å². The maximum atomic E-state index is 12.2. The first-order valence-electron chi connectivity index (χ1n) is 7.25. The molecule has 1 aliphatic rings. The molecule has 114 valence electrons. The van der Waals surface area contributed by atoms with E-state index in [9.17, 15) is 4.79 Å². The van der Waals surface area contributed by atoms with E-state index in [2.05, 4.69) is 20.1 Å². The molecule has 1 fully saturated rings. The average Bonchev–Trinajstić information content (AvgIpc) is 3.05. The zero-order valence-electron chi connectivity index (χ0n) is 12.2. The van der Waals surface area contributed by atoms with E-state index in [-0.39, 0.29) is 11.8 Å². The van der Waals surface area contributed by atoms with Crippen LogP contribution in [0, 0.1) is 0 Å². The van der Waals surface area contributed by atoms with Crippen LogP contribution < -0.4 is 0 Å². The van der Waals surface area contributed by atoms with Crippen LogP contribution in [0.25, 0.3) is 11.4 Å². The fourth-order valence-corrected chi connectivity index (χ4v) is 2.47. The van der Waals surface area contributed by atoms with Crippen molar-refractivity contribution in [1.29, 1.82) is 0 Å². The van der Waals surface area contributed by atoms with Crippen molar-refractivity contribution in [3.05, 3.63) is 60.5 Å².